The molecule has 0 aliphatic carbocycles. The summed E-state index contributed by atoms with van der Waals surface area (Å²) in [7, 11) is 0. The Labute approximate surface area is 193 Å². The van der Waals surface area contributed by atoms with Crippen LogP contribution in [-0.2, 0) is 14.2 Å². The van der Waals surface area contributed by atoms with Crippen molar-refractivity contribution in [3.05, 3.63) is 23.3 Å². The Bertz CT molecular complexity index is 695. The van der Waals surface area contributed by atoms with Gasteiger partial charge in [-0.1, -0.05) is 13.8 Å². The number of nitrogen functional groups attached to an aromatic ring is 1. The second kappa shape index (κ2) is 12.8. The number of fused-ring (bicyclic) bond motifs is 1. The molecule has 184 valence electrons. The van der Waals surface area contributed by atoms with Crippen LogP contribution in [-0.4, -0.2) is 74.6 Å². The number of nitrogens with zero attached hydrogens (tertiary/aromatic N) is 1. The fourth-order valence-electron chi connectivity index (χ4n) is 4.57. The predicted molar refractivity (Wildman–Crippen MR) is 130 cm³/mol. The van der Waals surface area contributed by atoms with E-state index in [1.54, 1.807) is 0 Å². The number of aliphatic hydroxyl groups is 2. The summed E-state index contributed by atoms with van der Waals surface area (Å²) < 4.78 is 17.0. The molecule has 1 aromatic rings. The summed E-state index contributed by atoms with van der Waals surface area (Å²) in [5.41, 5.74) is 10.3. The zero-order valence-electron chi connectivity index (χ0n) is 20.6. The number of nitrogens with two attached hydrogens (primary N) is 1. The minimum atomic E-state index is -0.171. The Morgan fingerprint density at radius 1 is 1.12 bits per heavy atom. The highest BCUT2D eigenvalue weighted by molar-refractivity contribution is 5.68. The van der Waals surface area contributed by atoms with Crippen LogP contribution in [0.5, 0.6) is 0 Å². The van der Waals surface area contributed by atoms with Gasteiger partial charge in [0.2, 0.25) is 0 Å². The maximum atomic E-state index is 10.1. The highest BCUT2D eigenvalue weighted by Gasteiger charge is 2.39. The molecular formula is C25H44N2O5. The number of anilines is 2. The van der Waals surface area contributed by atoms with Gasteiger partial charge in [0, 0.05) is 42.6 Å². The van der Waals surface area contributed by atoms with Crippen molar-refractivity contribution in [2.45, 2.75) is 70.9 Å². The molecule has 7 nitrogen and oxygen atoms in total. The monoisotopic (exact) mass is 452 g/mol. The molecule has 1 aliphatic heterocycles. The van der Waals surface area contributed by atoms with Gasteiger partial charge in [0.25, 0.3) is 0 Å². The molecule has 1 aliphatic rings. The lowest BCUT2D eigenvalue weighted by molar-refractivity contribution is -0.0157. The molecule has 0 bridgehead atoms. The maximum absolute atomic E-state index is 10.1. The van der Waals surface area contributed by atoms with Crippen LogP contribution in [0.25, 0.3) is 0 Å². The van der Waals surface area contributed by atoms with Gasteiger partial charge in [0.05, 0.1) is 39.1 Å². The Kier molecular flexibility index (Phi) is 10.7. The van der Waals surface area contributed by atoms with Gasteiger partial charge in [-0.25, -0.2) is 0 Å². The van der Waals surface area contributed by atoms with Crippen molar-refractivity contribution in [3.63, 3.8) is 0 Å². The first-order chi connectivity index (χ1) is 15.2. The van der Waals surface area contributed by atoms with Gasteiger partial charge in [-0.3, -0.25) is 0 Å². The second-order valence-corrected chi connectivity index (χ2v) is 9.52. The van der Waals surface area contributed by atoms with Gasteiger partial charge in [0.1, 0.15) is 0 Å². The van der Waals surface area contributed by atoms with Crippen molar-refractivity contribution in [2.24, 2.45) is 0 Å². The molecule has 0 spiro atoms. The lowest BCUT2D eigenvalue weighted by atomic mass is 9.78. The molecule has 1 heterocycles. The van der Waals surface area contributed by atoms with Gasteiger partial charge in [-0.2, -0.15) is 0 Å². The molecule has 0 fully saturated rings. The van der Waals surface area contributed by atoms with Crippen molar-refractivity contribution in [1.29, 1.82) is 0 Å². The number of hydrogen-bond acceptors (Lipinski definition) is 7. The van der Waals surface area contributed by atoms with Crippen LogP contribution in [0.15, 0.2) is 12.1 Å². The van der Waals surface area contributed by atoms with Gasteiger partial charge in [-0.15, -0.1) is 0 Å². The van der Waals surface area contributed by atoms with E-state index in [2.05, 4.69) is 38.7 Å². The molecule has 32 heavy (non-hydrogen) atoms. The minimum absolute atomic E-state index is 0.0516. The molecule has 7 heteroatoms. The third kappa shape index (κ3) is 7.06. The summed E-state index contributed by atoms with van der Waals surface area (Å²) in [5.74, 6) is 0.355. The van der Waals surface area contributed by atoms with Crippen LogP contribution in [0.3, 0.4) is 0 Å². The van der Waals surface area contributed by atoms with Crippen molar-refractivity contribution in [3.8, 4) is 0 Å². The zero-order valence-corrected chi connectivity index (χ0v) is 20.6. The molecule has 2 atom stereocenters. The number of aliphatic hydroxyl groups excluding tert-OH is 2. The average molecular weight is 453 g/mol. The van der Waals surface area contributed by atoms with Crippen LogP contribution < -0.4 is 10.6 Å². The Morgan fingerprint density at radius 2 is 1.81 bits per heavy atom. The van der Waals surface area contributed by atoms with Gasteiger partial charge < -0.3 is 35.1 Å². The van der Waals surface area contributed by atoms with Gasteiger partial charge in [-0.05, 0) is 62.8 Å². The number of rotatable bonds is 14. The fraction of sp³-hybridized carbons (Fsp3) is 0.760. The lowest BCUT2D eigenvalue weighted by Crippen LogP contribution is -2.52. The Morgan fingerprint density at radius 3 is 2.44 bits per heavy atom. The number of ether oxygens (including phenoxy) is 3. The number of benzene rings is 1. The van der Waals surface area contributed by atoms with Crippen molar-refractivity contribution >= 4 is 11.4 Å². The maximum Gasteiger partial charge on any atom is 0.0773 e. The highest BCUT2D eigenvalue weighted by atomic mass is 16.5. The largest absolute Gasteiger partial charge is 0.398 e. The third-order valence-corrected chi connectivity index (χ3v) is 6.28. The minimum Gasteiger partial charge on any atom is -0.398 e. The molecule has 4 N–H and O–H groups in total. The van der Waals surface area contributed by atoms with Gasteiger partial charge in [0.15, 0.2) is 0 Å². The molecule has 0 saturated carbocycles. The van der Waals surface area contributed by atoms with E-state index in [1.807, 2.05) is 13.0 Å². The van der Waals surface area contributed by atoms with Crippen LogP contribution in [0.2, 0.25) is 0 Å². The summed E-state index contributed by atoms with van der Waals surface area (Å²) in [5, 5.41) is 19.7. The molecule has 0 radical (unpaired) electrons. The van der Waals surface area contributed by atoms with E-state index in [9.17, 15) is 10.2 Å². The fourth-order valence-corrected chi connectivity index (χ4v) is 4.57. The predicted octanol–water partition coefficient (Wildman–Crippen LogP) is 3.28. The molecule has 0 amide bonds. The second-order valence-electron chi connectivity index (χ2n) is 9.52. The third-order valence-electron chi connectivity index (χ3n) is 6.28. The van der Waals surface area contributed by atoms with E-state index in [0.717, 1.165) is 28.9 Å². The van der Waals surface area contributed by atoms with Crippen LogP contribution in [0.4, 0.5) is 11.4 Å². The van der Waals surface area contributed by atoms with E-state index >= 15 is 0 Å². The van der Waals surface area contributed by atoms with Gasteiger partial charge >= 0.3 is 0 Å². The SMILES string of the molecule is CCOCCOCCOC(CCO)CN1c2cc(C(C)C)c(N)cc2C(CO)CC1(C)C. The summed E-state index contributed by atoms with van der Waals surface area (Å²) in [6.07, 6.45) is 1.24. The summed E-state index contributed by atoms with van der Waals surface area (Å²) in [6.45, 7) is 14.3. The average Bonchev–Trinajstić information content (AvgIpc) is 2.74. The summed E-state index contributed by atoms with van der Waals surface area (Å²) in [4.78, 5) is 2.37. The van der Waals surface area contributed by atoms with E-state index in [0.29, 0.717) is 51.9 Å². The normalized spacial score (nSPS) is 18.8. The molecule has 0 saturated heterocycles. The number of hydrogen-bond donors (Lipinski definition) is 3. The van der Waals surface area contributed by atoms with Crippen molar-refractivity contribution in [1.82, 2.24) is 0 Å². The van der Waals surface area contributed by atoms with Crippen molar-refractivity contribution in [2.75, 3.05) is 63.4 Å². The smallest absolute Gasteiger partial charge is 0.0773 e. The van der Waals surface area contributed by atoms with E-state index in [4.69, 9.17) is 19.9 Å². The topological polar surface area (TPSA) is 97.4 Å². The van der Waals surface area contributed by atoms with Crippen LogP contribution in [0, 0.1) is 0 Å². The van der Waals surface area contributed by atoms with Crippen LogP contribution >= 0.6 is 0 Å². The molecule has 0 aromatic heterocycles. The summed E-state index contributed by atoms with van der Waals surface area (Å²) in [6, 6.07) is 4.23. The Hall–Kier alpha value is -1.38. The van der Waals surface area contributed by atoms with E-state index in [1.165, 1.54) is 0 Å². The van der Waals surface area contributed by atoms with Crippen molar-refractivity contribution < 1.29 is 24.4 Å². The molecule has 2 rings (SSSR count). The quantitative estimate of drug-likeness (QED) is 0.294. The highest BCUT2D eigenvalue weighted by Crippen LogP contribution is 2.46. The summed E-state index contributed by atoms with van der Waals surface area (Å²) >= 11 is 0. The lowest BCUT2D eigenvalue weighted by Gasteiger charge is -2.49. The first-order valence-corrected chi connectivity index (χ1v) is 11.9. The van der Waals surface area contributed by atoms with E-state index in [-0.39, 0.29) is 30.8 Å². The van der Waals surface area contributed by atoms with E-state index < -0.39 is 0 Å². The first-order valence-electron chi connectivity index (χ1n) is 11.9. The first kappa shape index (κ1) is 26.9. The zero-order chi connectivity index (χ0) is 23.7. The van der Waals surface area contributed by atoms with Crippen LogP contribution in [0.1, 0.15) is 70.4 Å². The Balaban J connectivity index is 2.18. The molecular weight excluding hydrogens is 408 g/mol. The standard InChI is InChI=1S/C25H44N2O5/c1-6-30-9-10-31-11-12-32-20(7-8-28)16-27-24-14-21(18(2)3)23(26)13-22(24)19(17-29)15-25(27,4)5/h13-14,18-20,28-29H,6-12,15-17,26H2,1-5H3. The molecule has 2 unspecified atom stereocenters. The molecule has 1 aromatic carbocycles.